The number of aliphatic hydroxyl groups is 1. The Morgan fingerprint density at radius 2 is 1.13 bits per heavy atom. The van der Waals surface area contributed by atoms with Gasteiger partial charge < -0.3 is 24.1 Å². The van der Waals surface area contributed by atoms with Crippen LogP contribution in [0.25, 0.3) is 10.4 Å². The van der Waals surface area contributed by atoms with Crippen LogP contribution in [0.3, 0.4) is 0 Å². The van der Waals surface area contributed by atoms with Crippen LogP contribution in [-0.2, 0) is 57.4 Å². The van der Waals surface area contributed by atoms with Crippen molar-refractivity contribution in [2.24, 2.45) is 0 Å². The quantitative estimate of drug-likeness (QED) is 0.0928. The second kappa shape index (κ2) is 19.7. The fourth-order valence-corrected chi connectivity index (χ4v) is 8.76. The summed E-state index contributed by atoms with van der Waals surface area (Å²) in [5.74, 6) is -0.253. The van der Waals surface area contributed by atoms with Gasteiger partial charge in [0, 0.05) is 16.2 Å². The maximum atomic E-state index is 13.7. The highest BCUT2D eigenvalue weighted by Crippen LogP contribution is 2.42. The molecule has 1 aliphatic carbocycles. The summed E-state index contributed by atoms with van der Waals surface area (Å²) in [4.78, 5) is 2.23. The smallest absolute Gasteiger partial charge is 0.137 e. The van der Waals surface area contributed by atoms with Crippen LogP contribution in [0, 0.1) is 12.7 Å². The van der Waals surface area contributed by atoms with Crippen LogP contribution in [0.4, 0.5) is 4.39 Å². The summed E-state index contributed by atoms with van der Waals surface area (Å²) in [5, 5.41) is 13.5. The lowest BCUT2D eigenvalue weighted by molar-refractivity contribution is -0.204. The van der Waals surface area contributed by atoms with E-state index in [9.17, 15) is 9.50 Å². The van der Waals surface area contributed by atoms with Crippen molar-refractivity contribution >= 4 is 11.3 Å². The van der Waals surface area contributed by atoms with Crippen LogP contribution in [-0.4, -0.2) is 30.0 Å². The first-order chi connectivity index (χ1) is 29.4. The molecule has 0 unspecified atom stereocenters. The van der Waals surface area contributed by atoms with Gasteiger partial charge in [-0.3, -0.25) is 0 Å². The van der Waals surface area contributed by atoms with Crippen LogP contribution < -0.4 is 0 Å². The van der Waals surface area contributed by atoms with Crippen LogP contribution in [0.2, 0.25) is 0 Å². The number of benzene rings is 6. The molecule has 0 amide bonds. The van der Waals surface area contributed by atoms with Gasteiger partial charge >= 0.3 is 0 Å². The predicted octanol–water partition coefficient (Wildman–Crippen LogP) is 11.6. The average molecular weight is 817 g/mol. The normalized spacial score (nSPS) is 18.9. The molecule has 4 atom stereocenters. The molecule has 8 rings (SSSR count). The first-order valence-electron chi connectivity index (χ1n) is 20.4. The Hall–Kier alpha value is -5.51. The van der Waals surface area contributed by atoms with E-state index in [0.717, 1.165) is 54.3 Å². The summed E-state index contributed by atoms with van der Waals surface area (Å²) in [7, 11) is 0. The number of ether oxygens (including phenoxy) is 4. The third-order valence-electron chi connectivity index (χ3n) is 11.0. The molecule has 0 aliphatic heterocycles. The Morgan fingerprint density at radius 1 is 0.583 bits per heavy atom. The van der Waals surface area contributed by atoms with Crippen molar-refractivity contribution in [3.8, 4) is 10.4 Å². The van der Waals surface area contributed by atoms with Crippen LogP contribution in [0.1, 0.15) is 43.8 Å². The molecule has 0 saturated heterocycles. The number of hydrogen-bond donors (Lipinski definition) is 1. The van der Waals surface area contributed by atoms with Gasteiger partial charge in [-0.25, -0.2) is 4.39 Å². The zero-order valence-electron chi connectivity index (χ0n) is 33.7. The minimum absolute atomic E-state index is 0.202. The third kappa shape index (κ3) is 10.3. The molecule has 0 saturated carbocycles. The van der Waals surface area contributed by atoms with E-state index in [2.05, 4.69) is 31.2 Å². The maximum absolute atomic E-state index is 13.7. The monoisotopic (exact) mass is 816 g/mol. The van der Waals surface area contributed by atoms with E-state index in [-0.39, 0.29) is 25.6 Å². The lowest BCUT2D eigenvalue weighted by atomic mass is 9.75. The van der Waals surface area contributed by atoms with E-state index in [1.54, 1.807) is 11.3 Å². The van der Waals surface area contributed by atoms with Gasteiger partial charge in [0.2, 0.25) is 0 Å². The van der Waals surface area contributed by atoms with E-state index in [1.165, 1.54) is 12.1 Å². The third-order valence-corrected chi connectivity index (χ3v) is 12.1. The van der Waals surface area contributed by atoms with Gasteiger partial charge in [-0.2, -0.15) is 0 Å². The van der Waals surface area contributed by atoms with Gasteiger partial charge in [-0.05, 0) is 87.3 Å². The molecule has 0 fully saturated rings. The van der Waals surface area contributed by atoms with E-state index in [0.29, 0.717) is 25.2 Å². The van der Waals surface area contributed by atoms with Crippen molar-refractivity contribution in [3.05, 3.63) is 237 Å². The topological polar surface area (TPSA) is 57.2 Å². The van der Waals surface area contributed by atoms with Crippen molar-refractivity contribution in [2.45, 2.75) is 63.7 Å². The molecule has 0 bridgehead atoms. The summed E-state index contributed by atoms with van der Waals surface area (Å²) in [6.07, 6.45) is 0.306. The van der Waals surface area contributed by atoms with E-state index in [4.69, 9.17) is 18.9 Å². The molecule has 6 aromatic carbocycles. The minimum Gasteiger partial charge on any atom is -0.378 e. The summed E-state index contributed by atoms with van der Waals surface area (Å²) < 4.78 is 40.9. The number of halogens is 1. The standard InChI is InChI=1S/C53H49FO5S/c1-38-22-25-46(30-44(38)31-48-28-29-49(60-48)43-23-26-47(54)27-24-43)53(55)32-45(37-56-33-39-14-6-2-7-15-39)50(57-34-40-16-8-3-9-17-40)51(58-35-41-18-10-4-11-19-41)52(53)59-36-42-20-12-5-13-21-42/h2-30,32,50-52,55H,31,33-37H2,1H3/t50-,51+,52-,53-/m1/s1. The Morgan fingerprint density at radius 3 is 1.73 bits per heavy atom. The highest BCUT2D eigenvalue weighted by atomic mass is 32.1. The number of aryl methyl sites for hydroxylation is 1. The molecule has 0 spiro atoms. The Labute approximate surface area is 356 Å². The van der Waals surface area contributed by atoms with Crippen LogP contribution >= 0.6 is 11.3 Å². The molecule has 1 N–H and O–H groups in total. The van der Waals surface area contributed by atoms with E-state index >= 15 is 0 Å². The molecular formula is C53H49FO5S. The van der Waals surface area contributed by atoms with E-state index < -0.39 is 23.9 Å². The van der Waals surface area contributed by atoms with Crippen molar-refractivity contribution in [1.82, 2.24) is 0 Å². The molecule has 1 aromatic heterocycles. The number of thiophene rings is 1. The van der Waals surface area contributed by atoms with Crippen LogP contribution in [0.5, 0.6) is 0 Å². The molecule has 7 aromatic rings. The summed E-state index contributed by atoms with van der Waals surface area (Å²) in [6, 6.07) is 57.2. The maximum Gasteiger partial charge on any atom is 0.137 e. The SMILES string of the molecule is Cc1ccc([C@]2(O)C=C(COCc3ccccc3)[C@@H](OCc3ccccc3)[C@H](OCc3ccccc3)[C@H]2OCc2ccccc2)cc1Cc1ccc(-c2ccc(F)cc2)s1. The van der Waals surface area contributed by atoms with E-state index in [1.807, 2.05) is 146 Å². The lowest BCUT2D eigenvalue weighted by Gasteiger charge is -2.46. The Bertz CT molecular complexity index is 2440. The molecule has 7 heteroatoms. The van der Waals surface area contributed by atoms with Gasteiger partial charge in [-0.1, -0.05) is 152 Å². The minimum atomic E-state index is -1.65. The molecule has 1 aliphatic rings. The summed E-state index contributed by atoms with van der Waals surface area (Å²) in [5.41, 5.74) is 7.01. The molecule has 60 heavy (non-hydrogen) atoms. The van der Waals surface area contributed by atoms with Gasteiger partial charge in [0.25, 0.3) is 0 Å². The highest BCUT2D eigenvalue weighted by Gasteiger charge is 2.52. The number of hydrogen-bond acceptors (Lipinski definition) is 6. The van der Waals surface area contributed by atoms with Crippen LogP contribution in [0.15, 0.2) is 188 Å². The zero-order valence-corrected chi connectivity index (χ0v) is 34.5. The fourth-order valence-electron chi connectivity index (χ4n) is 7.73. The Balaban J connectivity index is 1.20. The second-order valence-corrected chi connectivity index (χ2v) is 16.5. The van der Waals surface area contributed by atoms with Gasteiger partial charge in [0.05, 0.1) is 33.0 Å². The Kier molecular flexibility index (Phi) is 13.5. The van der Waals surface area contributed by atoms with Crippen molar-refractivity contribution in [1.29, 1.82) is 0 Å². The number of rotatable bonds is 17. The van der Waals surface area contributed by atoms with Gasteiger partial charge in [0.1, 0.15) is 29.7 Å². The largest absolute Gasteiger partial charge is 0.378 e. The summed E-state index contributed by atoms with van der Waals surface area (Å²) in [6.45, 7) is 3.54. The first-order valence-corrected chi connectivity index (χ1v) is 21.2. The predicted molar refractivity (Wildman–Crippen MR) is 237 cm³/mol. The van der Waals surface area contributed by atoms with Crippen molar-refractivity contribution < 1.29 is 28.4 Å². The average Bonchev–Trinajstić information content (AvgIpc) is 3.76. The fraction of sp³-hybridized carbons (Fsp3) is 0.208. The highest BCUT2D eigenvalue weighted by molar-refractivity contribution is 7.15. The lowest BCUT2D eigenvalue weighted by Crippen LogP contribution is -2.57. The molecule has 304 valence electrons. The van der Waals surface area contributed by atoms with Gasteiger partial charge in [-0.15, -0.1) is 11.3 Å². The van der Waals surface area contributed by atoms with Crippen molar-refractivity contribution in [2.75, 3.05) is 6.61 Å². The molecular weight excluding hydrogens is 768 g/mol. The van der Waals surface area contributed by atoms with Crippen molar-refractivity contribution in [3.63, 3.8) is 0 Å². The zero-order chi connectivity index (χ0) is 41.2. The second-order valence-electron chi connectivity index (χ2n) is 15.3. The molecule has 0 radical (unpaired) electrons. The van der Waals surface area contributed by atoms with Gasteiger partial charge in [0.15, 0.2) is 0 Å². The molecule has 1 heterocycles. The molecule has 5 nitrogen and oxygen atoms in total. The first kappa shape index (κ1) is 41.2. The summed E-state index contributed by atoms with van der Waals surface area (Å²) >= 11 is 1.68.